The Morgan fingerprint density at radius 3 is 2.67 bits per heavy atom. The Morgan fingerprint density at radius 1 is 1.33 bits per heavy atom. The lowest BCUT2D eigenvalue weighted by Crippen LogP contribution is -2.17. The number of carbonyl (C=O) groups is 1. The minimum absolute atomic E-state index is 0.145. The first kappa shape index (κ1) is 15.4. The van der Waals surface area contributed by atoms with Gasteiger partial charge >= 0.3 is 5.97 Å². The fourth-order valence-corrected chi connectivity index (χ4v) is 2.62. The molecule has 0 aromatic heterocycles. The fraction of sp³-hybridized carbons (Fsp3) is 0.188. The molecule has 4 nitrogen and oxygen atoms in total. The third-order valence-corrected chi connectivity index (χ3v) is 3.84. The molecule has 0 unspecified atom stereocenters. The highest BCUT2D eigenvalue weighted by Gasteiger charge is 2.13. The van der Waals surface area contributed by atoms with Crippen LogP contribution in [-0.4, -0.2) is 18.1 Å². The van der Waals surface area contributed by atoms with Crippen LogP contribution in [0.1, 0.15) is 21.5 Å². The van der Waals surface area contributed by atoms with E-state index in [0.29, 0.717) is 12.2 Å². The smallest absolute Gasteiger partial charge is 0.337 e. The monoisotopic (exact) mass is 348 g/mol. The summed E-state index contributed by atoms with van der Waals surface area (Å²) in [7, 11) is 1.93. The van der Waals surface area contributed by atoms with Crippen LogP contribution in [0, 0.1) is 6.92 Å². The third-order valence-electron chi connectivity index (χ3n) is 3.35. The SMILES string of the molecule is Cc1cc(N(C)Cc2cccc(Br)c2)cc(C(=O)O)c1N. The number of halogens is 1. The van der Waals surface area contributed by atoms with Gasteiger partial charge in [-0.25, -0.2) is 4.79 Å². The standard InChI is InChI=1S/C16H17BrN2O2/c1-10-6-13(8-14(15(10)18)16(20)21)19(2)9-11-4-3-5-12(17)7-11/h3-8H,9,18H2,1-2H3,(H,20,21). The van der Waals surface area contributed by atoms with E-state index in [-0.39, 0.29) is 5.56 Å². The Morgan fingerprint density at radius 2 is 2.05 bits per heavy atom. The van der Waals surface area contributed by atoms with Crippen molar-refractivity contribution >= 4 is 33.3 Å². The predicted molar refractivity (Wildman–Crippen MR) is 88.8 cm³/mol. The summed E-state index contributed by atoms with van der Waals surface area (Å²) in [4.78, 5) is 13.2. The minimum Gasteiger partial charge on any atom is -0.478 e. The van der Waals surface area contributed by atoms with Crippen molar-refractivity contribution in [3.8, 4) is 0 Å². The summed E-state index contributed by atoms with van der Waals surface area (Å²) in [5.74, 6) is -1.01. The second-order valence-corrected chi connectivity index (χ2v) is 5.93. The molecule has 0 atom stereocenters. The average Bonchev–Trinajstić information content (AvgIpc) is 2.41. The Kier molecular flexibility index (Phi) is 4.53. The highest BCUT2D eigenvalue weighted by molar-refractivity contribution is 9.10. The van der Waals surface area contributed by atoms with Crippen molar-refractivity contribution < 1.29 is 9.90 Å². The average molecular weight is 349 g/mol. The maximum atomic E-state index is 11.2. The highest BCUT2D eigenvalue weighted by atomic mass is 79.9. The van der Waals surface area contributed by atoms with E-state index >= 15 is 0 Å². The van der Waals surface area contributed by atoms with Crippen LogP contribution in [0.2, 0.25) is 0 Å². The van der Waals surface area contributed by atoms with Crippen LogP contribution in [0.4, 0.5) is 11.4 Å². The van der Waals surface area contributed by atoms with E-state index in [2.05, 4.69) is 15.9 Å². The van der Waals surface area contributed by atoms with Gasteiger partial charge in [0.1, 0.15) is 0 Å². The lowest BCUT2D eigenvalue weighted by atomic mass is 10.1. The number of hydrogen-bond donors (Lipinski definition) is 2. The van der Waals surface area contributed by atoms with Gasteiger partial charge in [0.25, 0.3) is 0 Å². The van der Waals surface area contributed by atoms with Crippen LogP contribution in [0.25, 0.3) is 0 Å². The Balaban J connectivity index is 2.31. The number of aromatic carboxylic acids is 1. The van der Waals surface area contributed by atoms with Gasteiger partial charge in [-0.05, 0) is 42.3 Å². The summed E-state index contributed by atoms with van der Waals surface area (Å²) in [6.45, 7) is 2.50. The minimum atomic E-state index is -1.01. The number of nitrogens with two attached hydrogens (primary N) is 1. The molecule has 0 spiro atoms. The zero-order valence-electron chi connectivity index (χ0n) is 11.9. The molecule has 5 heteroatoms. The zero-order valence-corrected chi connectivity index (χ0v) is 13.5. The molecular formula is C16H17BrN2O2. The number of anilines is 2. The van der Waals surface area contributed by atoms with E-state index < -0.39 is 5.97 Å². The molecule has 2 rings (SSSR count). The third kappa shape index (κ3) is 3.55. The van der Waals surface area contributed by atoms with E-state index in [4.69, 9.17) is 5.73 Å². The van der Waals surface area contributed by atoms with Crippen molar-refractivity contribution in [2.45, 2.75) is 13.5 Å². The van der Waals surface area contributed by atoms with E-state index in [0.717, 1.165) is 21.3 Å². The number of carboxylic acids is 1. The van der Waals surface area contributed by atoms with Crippen molar-refractivity contribution in [2.24, 2.45) is 0 Å². The van der Waals surface area contributed by atoms with Crippen LogP contribution >= 0.6 is 15.9 Å². The molecule has 2 aromatic rings. The van der Waals surface area contributed by atoms with Gasteiger partial charge in [0.2, 0.25) is 0 Å². The molecule has 0 radical (unpaired) electrons. The van der Waals surface area contributed by atoms with E-state index in [1.807, 2.05) is 49.2 Å². The van der Waals surface area contributed by atoms with E-state index in [1.165, 1.54) is 0 Å². The number of benzene rings is 2. The molecule has 0 aliphatic heterocycles. The molecule has 3 N–H and O–H groups in total. The molecule has 0 fully saturated rings. The Bertz CT molecular complexity index is 686. The van der Waals surface area contributed by atoms with Crippen molar-refractivity contribution in [2.75, 3.05) is 17.7 Å². The molecule has 0 amide bonds. The lowest BCUT2D eigenvalue weighted by Gasteiger charge is -2.21. The maximum Gasteiger partial charge on any atom is 0.337 e. The first-order chi connectivity index (χ1) is 9.88. The van der Waals surface area contributed by atoms with Crippen molar-refractivity contribution in [1.29, 1.82) is 0 Å². The largest absolute Gasteiger partial charge is 0.478 e. The molecule has 2 aromatic carbocycles. The quantitative estimate of drug-likeness (QED) is 0.827. The van der Waals surface area contributed by atoms with Gasteiger partial charge in [0, 0.05) is 29.4 Å². The highest BCUT2D eigenvalue weighted by Crippen LogP contribution is 2.26. The molecule has 110 valence electrons. The normalized spacial score (nSPS) is 10.4. The summed E-state index contributed by atoms with van der Waals surface area (Å²) < 4.78 is 1.02. The second-order valence-electron chi connectivity index (χ2n) is 5.02. The van der Waals surface area contributed by atoms with Crippen molar-refractivity contribution in [1.82, 2.24) is 0 Å². The predicted octanol–water partition coefficient (Wildman–Crippen LogP) is 3.67. The van der Waals surface area contributed by atoms with Crippen LogP contribution in [0.5, 0.6) is 0 Å². The van der Waals surface area contributed by atoms with Crippen LogP contribution in [0.3, 0.4) is 0 Å². The summed E-state index contributed by atoms with van der Waals surface area (Å²) in [6, 6.07) is 11.5. The van der Waals surface area contributed by atoms with Crippen molar-refractivity contribution in [3.63, 3.8) is 0 Å². The van der Waals surface area contributed by atoms with Gasteiger partial charge in [-0.2, -0.15) is 0 Å². The summed E-state index contributed by atoms with van der Waals surface area (Å²) >= 11 is 3.45. The van der Waals surface area contributed by atoms with E-state index in [9.17, 15) is 9.90 Å². The molecule has 0 heterocycles. The summed E-state index contributed by atoms with van der Waals surface area (Å²) in [5.41, 5.74) is 9.02. The molecule has 0 saturated carbocycles. The number of nitrogen functional groups attached to an aromatic ring is 1. The lowest BCUT2D eigenvalue weighted by molar-refractivity contribution is 0.0698. The number of hydrogen-bond acceptors (Lipinski definition) is 3. The Labute approximate surface area is 132 Å². The molecular weight excluding hydrogens is 332 g/mol. The fourth-order valence-electron chi connectivity index (χ4n) is 2.18. The topological polar surface area (TPSA) is 66.6 Å². The van der Waals surface area contributed by atoms with Gasteiger partial charge in [-0.1, -0.05) is 28.1 Å². The maximum absolute atomic E-state index is 11.2. The van der Waals surface area contributed by atoms with E-state index in [1.54, 1.807) is 6.07 Å². The molecule has 21 heavy (non-hydrogen) atoms. The van der Waals surface area contributed by atoms with Crippen molar-refractivity contribution in [3.05, 3.63) is 57.6 Å². The van der Waals surface area contributed by atoms with Gasteiger partial charge in [-0.3, -0.25) is 0 Å². The first-order valence-corrected chi connectivity index (χ1v) is 7.27. The molecule has 0 aliphatic carbocycles. The van der Waals surface area contributed by atoms with Gasteiger partial charge in [-0.15, -0.1) is 0 Å². The summed E-state index contributed by atoms with van der Waals surface area (Å²) in [5, 5.41) is 9.22. The second kappa shape index (κ2) is 6.18. The Hall–Kier alpha value is -2.01. The van der Waals surface area contributed by atoms with Gasteiger partial charge in [0.05, 0.1) is 5.56 Å². The zero-order chi connectivity index (χ0) is 15.6. The first-order valence-electron chi connectivity index (χ1n) is 6.47. The summed E-state index contributed by atoms with van der Waals surface area (Å²) in [6.07, 6.45) is 0. The number of rotatable bonds is 4. The number of nitrogens with zero attached hydrogens (tertiary/aromatic N) is 1. The van der Waals surface area contributed by atoms with Gasteiger partial charge in [0.15, 0.2) is 0 Å². The number of aryl methyl sites for hydroxylation is 1. The van der Waals surface area contributed by atoms with Crippen LogP contribution < -0.4 is 10.6 Å². The van der Waals surface area contributed by atoms with Crippen LogP contribution in [-0.2, 0) is 6.54 Å². The molecule has 0 aliphatic rings. The number of carboxylic acid groups (broad SMARTS) is 1. The van der Waals surface area contributed by atoms with Crippen LogP contribution in [0.15, 0.2) is 40.9 Å². The molecule has 0 saturated heterocycles. The molecule has 0 bridgehead atoms. The van der Waals surface area contributed by atoms with Gasteiger partial charge < -0.3 is 15.7 Å².